The maximum Gasteiger partial charge on any atom is 0.247 e. The molecule has 0 aromatic heterocycles. The molecule has 1 aliphatic rings. The summed E-state index contributed by atoms with van der Waals surface area (Å²) in [7, 11) is 0. The first kappa shape index (κ1) is 17.2. The molecule has 0 spiro atoms. The predicted octanol–water partition coefficient (Wildman–Crippen LogP) is 3.15. The highest BCUT2D eigenvalue weighted by Crippen LogP contribution is 2.30. The van der Waals surface area contributed by atoms with E-state index in [1.54, 1.807) is 4.90 Å². The van der Waals surface area contributed by atoms with Crippen molar-refractivity contribution in [3.05, 3.63) is 70.8 Å². The molecular formula is C21H24N2O2. The quantitative estimate of drug-likeness (QED) is 0.912. The van der Waals surface area contributed by atoms with Crippen molar-refractivity contribution < 1.29 is 9.59 Å². The highest BCUT2D eigenvalue weighted by atomic mass is 16.2. The van der Waals surface area contributed by atoms with Crippen LogP contribution in [0.15, 0.2) is 48.5 Å². The molecule has 4 nitrogen and oxygen atoms in total. The molecule has 1 atom stereocenters. The van der Waals surface area contributed by atoms with Gasteiger partial charge in [0, 0.05) is 13.1 Å². The number of carbonyl (C=O) groups is 2. The number of benzene rings is 2. The van der Waals surface area contributed by atoms with Gasteiger partial charge in [0.15, 0.2) is 0 Å². The third-order valence-electron chi connectivity index (χ3n) is 4.59. The Balaban J connectivity index is 1.83. The first-order chi connectivity index (χ1) is 12.1. The third-order valence-corrected chi connectivity index (χ3v) is 4.59. The number of nitrogens with zero attached hydrogens (tertiary/aromatic N) is 1. The minimum absolute atomic E-state index is 0.0243. The molecule has 2 aromatic carbocycles. The normalized spacial score (nSPS) is 16.5. The number of aryl methyl sites for hydroxylation is 1. The zero-order chi connectivity index (χ0) is 17.8. The number of amides is 2. The molecule has 2 amide bonds. The minimum atomic E-state index is -0.540. The Bertz CT molecular complexity index is 785. The van der Waals surface area contributed by atoms with E-state index < -0.39 is 6.04 Å². The molecule has 0 saturated heterocycles. The van der Waals surface area contributed by atoms with Crippen molar-refractivity contribution in [3.63, 3.8) is 0 Å². The maximum absolute atomic E-state index is 12.9. The highest BCUT2D eigenvalue weighted by Gasteiger charge is 2.36. The van der Waals surface area contributed by atoms with Gasteiger partial charge in [-0.25, -0.2) is 0 Å². The first-order valence-corrected chi connectivity index (χ1v) is 8.80. The molecule has 1 N–H and O–H groups in total. The Morgan fingerprint density at radius 2 is 2.00 bits per heavy atom. The van der Waals surface area contributed by atoms with Crippen LogP contribution in [0, 0.1) is 6.92 Å². The minimum Gasteiger partial charge on any atom is -0.350 e. The second kappa shape index (κ2) is 7.51. The van der Waals surface area contributed by atoms with E-state index in [2.05, 4.69) is 11.4 Å². The highest BCUT2D eigenvalue weighted by molar-refractivity contribution is 5.92. The summed E-state index contributed by atoms with van der Waals surface area (Å²) in [6.45, 7) is 5.11. The molecule has 1 heterocycles. The van der Waals surface area contributed by atoms with Crippen molar-refractivity contribution in [2.45, 2.75) is 39.3 Å². The number of hydrogen-bond donors (Lipinski definition) is 1. The molecule has 130 valence electrons. The van der Waals surface area contributed by atoms with Crippen LogP contribution in [0.4, 0.5) is 0 Å². The Morgan fingerprint density at radius 3 is 2.76 bits per heavy atom. The molecule has 4 heteroatoms. The van der Waals surface area contributed by atoms with Crippen molar-refractivity contribution >= 4 is 11.8 Å². The summed E-state index contributed by atoms with van der Waals surface area (Å²) in [5.41, 5.74) is 4.12. The van der Waals surface area contributed by atoms with E-state index in [9.17, 15) is 9.59 Å². The molecule has 2 aromatic rings. The smallest absolute Gasteiger partial charge is 0.247 e. The molecule has 0 unspecified atom stereocenters. The van der Waals surface area contributed by atoms with E-state index in [4.69, 9.17) is 0 Å². The van der Waals surface area contributed by atoms with Crippen molar-refractivity contribution in [1.82, 2.24) is 10.2 Å². The van der Waals surface area contributed by atoms with Gasteiger partial charge in [-0.15, -0.1) is 0 Å². The lowest BCUT2D eigenvalue weighted by Gasteiger charge is -2.36. The lowest BCUT2D eigenvalue weighted by Crippen LogP contribution is -2.47. The van der Waals surface area contributed by atoms with Gasteiger partial charge in [-0.2, -0.15) is 0 Å². The summed E-state index contributed by atoms with van der Waals surface area (Å²) in [5, 5.41) is 3.01. The molecule has 25 heavy (non-hydrogen) atoms. The van der Waals surface area contributed by atoms with Gasteiger partial charge in [-0.1, -0.05) is 61.0 Å². The van der Waals surface area contributed by atoms with Crippen LogP contribution in [0.1, 0.15) is 41.6 Å². The summed E-state index contributed by atoms with van der Waals surface area (Å²) in [6.07, 6.45) is 1.20. The molecule has 0 radical (unpaired) electrons. The number of hydrogen-bond acceptors (Lipinski definition) is 2. The molecule has 0 bridgehead atoms. The topological polar surface area (TPSA) is 49.4 Å². The maximum atomic E-state index is 12.9. The number of nitrogens with one attached hydrogen (secondary N) is 1. The fourth-order valence-corrected chi connectivity index (χ4v) is 3.42. The Hall–Kier alpha value is -2.62. The fraction of sp³-hybridized carbons (Fsp3) is 0.333. The van der Waals surface area contributed by atoms with Crippen molar-refractivity contribution in [1.29, 1.82) is 0 Å². The van der Waals surface area contributed by atoms with Crippen molar-refractivity contribution in [2.24, 2.45) is 0 Å². The lowest BCUT2D eigenvalue weighted by atomic mass is 9.91. The predicted molar refractivity (Wildman–Crippen MR) is 97.9 cm³/mol. The van der Waals surface area contributed by atoms with Gasteiger partial charge < -0.3 is 10.2 Å². The van der Waals surface area contributed by atoms with E-state index in [0.717, 1.165) is 28.7 Å². The molecule has 1 aliphatic heterocycles. The van der Waals surface area contributed by atoms with Crippen LogP contribution in [0.3, 0.4) is 0 Å². The van der Waals surface area contributed by atoms with Crippen LogP contribution in [0.25, 0.3) is 0 Å². The van der Waals surface area contributed by atoms with Gasteiger partial charge in [0.25, 0.3) is 0 Å². The van der Waals surface area contributed by atoms with Gasteiger partial charge in [-0.05, 0) is 30.0 Å². The van der Waals surface area contributed by atoms with Crippen LogP contribution < -0.4 is 5.32 Å². The van der Waals surface area contributed by atoms with E-state index in [0.29, 0.717) is 19.5 Å². The Kier molecular flexibility index (Phi) is 5.17. The summed E-state index contributed by atoms with van der Waals surface area (Å²) in [4.78, 5) is 27.2. The summed E-state index contributed by atoms with van der Waals surface area (Å²) >= 11 is 0. The van der Waals surface area contributed by atoms with Gasteiger partial charge in [0.1, 0.15) is 6.04 Å². The van der Waals surface area contributed by atoms with Crippen molar-refractivity contribution in [3.8, 4) is 0 Å². The second-order valence-electron chi connectivity index (χ2n) is 6.57. The average molecular weight is 336 g/mol. The fourth-order valence-electron chi connectivity index (χ4n) is 3.42. The SMILES string of the molecule is CCCN1C(=O)Cc2ccccc2[C@H]1C(=O)NCc1cccc(C)c1. The number of fused-ring (bicyclic) bond motifs is 1. The zero-order valence-electron chi connectivity index (χ0n) is 14.8. The zero-order valence-corrected chi connectivity index (χ0v) is 14.8. The van der Waals surface area contributed by atoms with Gasteiger partial charge in [-0.3, -0.25) is 9.59 Å². The Labute approximate surface area is 148 Å². The lowest BCUT2D eigenvalue weighted by molar-refractivity contribution is -0.141. The third kappa shape index (κ3) is 3.73. The molecule has 0 aliphatic carbocycles. The van der Waals surface area contributed by atoms with Crippen LogP contribution in [-0.2, 0) is 22.6 Å². The number of rotatable bonds is 5. The first-order valence-electron chi connectivity index (χ1n) is 8.80. The monoisotopic (exact) mass is 336 g/mol. The number of carbonyl (C=O) groups excluding carboxylic acids is 2. The van der Waals surface area contributed by atoms with Gasteiger partial charge >= 0.3 is 0 Å². The molecule has 0 fully saturated rings. The Morgan fingerprint density at radius 1 is 1.20 bits per heavy atom. The summed E-state index contributed by atoms with van der Waals surface area (Å²) in [5.74, 6) is -0.0910. The summed E-state index contributed by atoms with van der Waals surface area (Å²) < 4.78 is 0. The van der Waals surface area contributed by atoms with E-state index in [1.165, 1.54) is 0 Å². The second-order valence-corrected chi connectivity index (χ2v) is 6.57. The summed E-state index contributed by atoms with van der Waals surface area (Å²) in [6, 6.07) is 15.3. The largest absolute Gasteiger partial charge is 0.350 e. The van der Waals surface area contributed by atoms with E-state index >= 15 is 0 Å². The van der Waals surface area contributed by atoms with Crippen LogP contribution in [0.2, 0.25) is 0 Å². The molecule has 3 rings (SSSR count). The van der Waals surface area contributed by atoms with E-state index in [-0.39, 0.29) is 11.8 Å². The van der Waals surface area contributed by atoms with Crippen molar-refractivity contribution in [2.75, 3.05) is 6.54 Å². The average Bonchev–Trinajstić information content (AvgIpc) is 2.60. The van der Waals surface area contributed by atoms with Crippen LogP contribution in [-0.4, -0.2) is 23.3 Å². The van der Waals surface area contributed by atoms with Gasteiger partial charge in [0.2, 0.25) is 11.8 Å². The molecular weight excluding hydrogens is 312 g/mol. The van der Waals surface area contributed by atoms with Crippen LogP contribution in [0.5, 0.6) is 0 Å². The standard InChI is InChI=1S/C21H24N2O2/c1-3-11-23-19(24)13-17-9-4-5-10-18(17)20(23)21(25)22-14-16-8-6-7-15(2)12-16/h4-10,12,20H,3,11,13-14H2,1-2H3,(H,22,25)/t20-/m0/s1. The van der Waals surface area contributed by atoms with Gasteiger partial charge in [0.05, 0.1) is 6.42 Å². The van der Waals surface area contributed by atoms with Crippen LogP contribution >= 0.6 is 0 Å². The molecule has 0 saturated carbocycles. The van der Waals surface area contributed by atoms with E-state index in [1.807, 2.05) is 56.3 Å².